The summed E-state index contributed by atoms with van der Waals surface area (Å²) in [6.07, 6.45) is 1.89. The second-order valence-electron chi connectivity index (χ2n) is 7.63. The molecule has 3 aromatic rings. The van der Waals surface area contributed by atoms with Crippen molar-refractivity contribution in [3.8, 4) is 16.9 Å². The molecular weight excluding hydrogens is 448 g/mol. The van der Waals surface area contributed by atoms with Gasteiger partial charge in [-0.05, 0) is 72.5 Å². The van der Waals surface area contributed by atoms with Crippen molar-refractivity contribution in [1.29, 1.82) is 0 Å². The molecule has 3 rings (SSSR count). The zero-order valence-electron chi connectivity index (χ0n) is 19.7. The Hall–Kier alpha value is -4.17. The predicted molar refractivity (Wildman–Crippen MR) is 131 cm³/mol. The first-order valence-corrected chi connectivity index (χ1v) is 11.1. The Labute approximate surface area is 204 Å². The fraction of sp³-hybridized carbons (Fsp3) is 0.222. The number of carbonyl (C=O) groups excluding carboxylic acids is 3. The third-order valence-corrected chi connectivity index (χ3v) is 5.20. The van der Waals surface area contributed by atoms with Gasteiger partial charge in [0.25, 0.3) is 11.8 Å². The van der Waals surface area contributed by atoms with E-state index in [1.807, 2.05) is 36.4 Å². The molecule has 0 aliphatic heterocycles. The zero-order chi connectivity index (χ0) is 25.0. The molecule has 0 aromatic heterocycles. The summed E-state index contributed by atoms with van der Waals surface area (Å²) in [4.78, 5) is 36.1. The van der Waals surface area contributed by atoms with Crippen LogP contribution in [0, 0.1) is 0 Å². The molecule has 0 fully saturated rings. The summed E-state index contributed by atoms with van der Waals surface area (Å²) in [6.45, 7) is 1.37. The van der Waals surface area contributed by atoms with Crippen molar-refractivity contribution in [3.05, 3.63) is 89.5 Å². The SMILES string of the molecule is COCCCCOc1ccc(-c2ccc(C(=O)NNC(=O)c3ccc(C(=O)OC)cc3)cc2)cc1. The van der Waals surface area contributed by atoms with Crippen molar-refractivity contribution in [2.45, 2.75) is 12.8 Å². The molecule has 0 heterocycles. The van der Waals surface area contributed by atoms with Crippen LogP contribution in [0.5, 0.6) is 5.75 Å². The summed E-state index contributed by atoms with van der Waals surface area (Å²) in [5.41, 5.74) is 7.70. The number of amides is 2. The predicted octanol–water partition coefficient (Wildman–Crippen LogP) is 4.02. The molecule has 0 spiro atoms. The van der Waals surface area contributed by atoms with E-state index < -0.39 is 17.8 Å². The first kappa shape index (κ1) is 25.5. The van der Waals surface area contributed by atoms with E-state index in [9.17, 15) is 14.4 Å². The Kier molecular flexibility index (Phi) is 9.39. The van der Waals surface area contributed by atoms with E-state index in [0.717, 1.165) is 36.3 Å². The Morgan fingerprint density at radius 3 is 1.60 bits per heavy atom. The van der Waals surface area contributed by atoms with Crippen LogP contribution in [0.25, 0.3) is 11.1 Å². The molecule has 0 aliphatic rings. The van der Waals surface area contributed by atoms with Gasteiger partial charge in [-0.3, -0.25) is 20.4 Å². The van der Waals surface area contributed by atoms with E-state index >= 15 is 0 Å². The Morgan fingerprint density at radius 1 is 0.629 bits per heavy atom. The van der Waals surface area contributed by atoms with E-state index in [1.165, 1.54) is 31.4 Å². The van der Waals surface area contributed by atoms with Gasteiger partial charge in [0, 0.05) is 24.8 Å². The fourth-order valence-electron chi connectivity index (χ4n) is 3.23. The van der Waals surface area contributed by atoms with Crippen molar-refractivity contribution in [2.75, 3.05) is 27.4 Å². The molecule has 2 amide bonds. The summed E-state index contributed by atoms with van der Waals surface area (Å²) < 4.78 is 15.4. The highest BCUT2D eigenvalue weighted by atomic mass is 16.5. The number of hydrogen-bond donors (Lipinski definition) is 2. The van der Waals surface area contributed by atoms with Gasteiger partial charge >= 0.3 is 5.97 Å². The molecule has 0 atom stereocenters. The number of hydrogen-bond acceptors (Lipinski definition) is 6. The summed E-state index contributed by atoms with van der Waals surface area (Å²) in [7, 11) is 2.97. The van der Waals surface area contributed by atoms with Crippen molar-refractivity contribution >= 4 is 17.8 Å². The average Bonchev–Trinajstić information content (AvgIpc) is 2.91. The Bertz CT molecular complexity index is 1130. The third kappa shape index (κ3) is 7.41. The van der Waals surface area contributed by atoms with Crippen molar-refractivity contribution in [3.63, 3.8) is 0 Å². The van der Waals surface area contributed by atoms with E-state index in [-0.39, 0.29) is 5.56 Å². The highest BCUT2D eigenvalue weighted by Crippen LogP contribution is 2.23. The van der Waals surface area contributed by atoms with Gasteiger partial charge in [-0.15, -0.1) is 0 Å². The van der Waals surface area contributed by atoms with Crippen molar-refractivity contribution in [1.82, 2.24) is 10.9 Å². The van der Waals surface area contributed by atoms with Crippen LogP contribution in [-0.4, -0.2) is 45.2 Å². The maximum Gasteiger partial charge on any atom is 0.337 e. The number of rotatable bonds is 10. The molecule has 0 saturated carbocycles. The molecule has 0 aliphatic carbocycles. The van der Waals surface area contributed by atoms with Gasteiger partial charge in [0.1, 0.15) is 5.75 Å². The lowest BCUT2D eigenvalue weighted by Crippen LogP contribution is -2.41. The summed E-state index contributed by atoms with van der Waals surface area (Å²) in [5, 5.41) is 0. The summed E-state index contributed by atoms with van der Waals surface area (Å²) >= 11 is 0. The lowest BCUT2D eigenvalue weighted by molar-refractivity contribution is 0.0600. The van der Waals surface area contributed by atoms with Crippen LogP contribution >= 0.6 is 0 Å². The van der Waals surface area contributed by atoms with Gasteiger partial charge in [0.05, 0.1) is 19.3 Å². The molecule has 0 unspecified atom stereocenters. The number of benzene rings is 3. The monoisotopic (exact) mass is 476 g/mol. The molecule has 182 valence electrons. The minimum absolute atomic E-state index is 0.288. The van der Waals surface area contributed by atoms with Gasteiger partial charge in [-0.2, -0.15) is 0 Å². The quantitative estimate of drug-likeness (QED) is 0.260. The minimum Gasteiger partial charge on any atom is -0.494 e. The van der Waals surface area contributed by atoms with E-state index in [0.29, 0.717) is 17.7 Å². The second kappa shape index (κ2) is 12.9. The largest absolute Gasteiger partial charge is 0.494 e. The Morgan fingerprint density at radius 2 is 1.09 bits per heavy atom. The number of esters is 1. The van der Waals surface area contributed by atoms with Gasteiger partial charge in [0.15, 0.2) is 0 Å². The van der Waals surface area contributed by atoms with E-state index in [2.05, 4.69) is 15.6 Å². The molecule has 3 aromatic carbocycles. The highest BCUT2D eigenvalue weighted by molar-refractivity contribution is 6.00. The second-order valence-corrected chi connectivity index (χ2v) is 7.63. The van der Waals surface area contributed by atoms with Crippen molar-refractivity contribution in [2.24, 2.45) is 0 Å². The van der Waals surface area contributed by atoms with Gasteiger partial charge in [-0.25, -0.2) is 4.79 Å². The highest BCUT2D eigenvalue weighted by Gasteiger charge is 2.11. The molecule has 0 saturated heterocycles. The first-order valence-electron chi connectivity index (χ1n) is 11.1. The smallest absolute Gasteiger partial charge is 0.337 e. The topological polar surface area (TPSA) is 103 Å². The van der Waals surface area contributed by atoms with Crippen LogP contribution < -0.4 is 15.6 Å². The molecule has 0 radical (unpaired) electrons. The van der Waals surface area contributed by atoms with Crippen LogP contribution in [0.15, 0.2) is 72.8 Å². The number of methoxy groups -OCH3 is 2. The van der Waals surface area contributed by atoms with E-state index in [1.54, 1.807) is 19.2 Å². The van der Waals surface area contributed by atoms with Crippen LogP contribution in [0.1, 0.15) is 43.9 Å². The normalized spacial score (nSPS) is 10.3. The summed E-state index contributed by atoms with van der Waals surface area (Å²) in [6, 6.07) is 20.7. The first-order chi connectivity index (χ1) is 17.0. The Balaban J connectivity index is 1.50. The maximum absolute atomic E-state index is 12.4. The van der Waals surface area contributed by atoms with Gasteiger partial charge in [-0.1, -0.05) is 24.3 Å². The lowest BCUT2D eigenvalue weighted by atomic mass is 10.0. The standard InChI is InChI=1S/C27H28N2O6/c1-33-17-3-4-18-35-24-15-13-20(14-16-24)19-5-7-21(8-6-19)25(30)28-29-26(31)22-9-11-23(12-10-22)27(32)34-2/h5-16H,3-4,17-18H2,1-2H3,(H,28,30)(H,29,31). The fourth-order valence-corrected chi connectivity index (χ4v) is 3.23. The lowest BCUT2D eigenvalue weighted by Gasteiger charge is -2.09. The summed E-state index contributed by atoms with van der Waals surface area (Å²) in [5.74, 6) is -0.648. The van der Waals surface area contributed by atoms with Crippen LogP contribution in [0.4, 0.5) is 0 Å². The molecule has 35 heavy (non-hydrogen) atoms. The van der Waals surface area contributed by atoms with Crippen LogP contribution in [0.2, 0.25) is 0 Å². The number of unbranched alkanes of at least 4 members (excludes halogenated alkanes) is 1. The number of hydrazine groups is 1. The number of carbonyl (C=O) groups is 3. The maximum atomic E-state index is 12.4. The molecule has 2 N–H and O–H groups in total. The van der Waals surface area contributed by atoms with Crippen LogP contribution in [0.3, 0.4) is 0 Å². The average molecular weight is 477 g/mol. The minimum atomic E-state index is -0.507. The number of nitrogens with one attached hydrogen (secondary N) is 2. The third-order valence-electron chi connectivity index (χ3n) is 5.20. The van der Waals surface area contributed by atoms with Crippen LogP contribution in [-0.2, 0) is 9.47 Å². The van der Waals surface area contributed by atoms with Crippen molar-refractivity contribution < 1.29 is 28.6 Å². The molecule has 0 bridgehead atoms. The number of ether oxygens (including phenoxy) is 3. The molecule has 8 heteroatoms. The van der Waals surface area contributed by atoms with E-state index in [4.69, 9.17) is 9.47 Å². The van der Waals surface area contributed by atoms with Gasteiger partial charge in [0.2, 0.25) is 0 Å². The van der Waals surface area contributed by atoms with Gasteiger partial charge < -0.3 is 14.2 Å². The molecular formula is C27H28N2O6. The molecule has 8 nitrogen and oxygen atoms in total. The zero-order valence-corrected chi connectivity index (χ0v) is 19.7.